The van der Waals surface area contributed by atoms with Crippen LogP contribution in [0.25, 0.3) is 11.3 Å². The fourth-order valence-electron chi connectivity index (χ4n) is 2.84. The third-order valence-electron chi connectivity index (χ3n) is 4.17. The van der Waals surface area contributed by atoms with Crippen molar-refractivity contribution >= 4 is 11.3 Å². The number of methoxy groups -OCH3 is 1. The van der Waals surface area contributed by atoms with Crippen molar-refractivity contribution in [3.63, 3.8) is 0 Å². The van der Waals surface area contributed by atoms with Crippen LogP contribution in [0, 0.1) is 6.92 Å². The van der Waals surface area contributed by atoms with E-state index in [0.29, 0.717) is 5.75 Å². The molecule has 4 aromatic rings. The molecule has 0 aliphatic heterocycles. The molecule has 1 unspecified atom stereocenters. The van der Waals surface area contributed by atoms with Crippen molar-refractivity contribution in [2.45, 2.75) is 13.0 Å². The molecular weight excluding hydrogens is 346 g/mol. The Labute approximate surface area is 155 Å². The van der Waals surface area contributed by atoms with Crippen LogP contribution in [0.4, 0.5) is 0 Å². The predicted octanol–water partition coefficient (Wildman–Crippen LogP) is 3.75. The first kappa shape index (κ1) is 16.4. The second-order valence-corrected chi connectivity index (χ2v) is 6.70. The van der Waals surface area contributed by atoms with Gasteiger partial charge in [0.15, 0.2) is 0 Å². The maximum absolute atomic E-state index is 5.25. The molecule has 0 amide bonds. The summed E-state index contributed by atoms with van der Waals surface area (Å²) in [5, 5.41) is 8.75. The molecule has 0 N–H and O–H groups in total. The van der Waals surface area contributed by atoms with Crippen molar-refractivity contribution in [1.82, 2.24) is 25.0 Å². The Morgan fingerprint density at radius 3 is 2.73 bits per heavy atom. The first-order chi connectivity index (χ1) is 12.8. The summed E-state index contributed by atoms with van der Waals surface area (Å²) in [7, 11) is 1.62. The number of hydrogen-bond donors (Lipinski definition) is 0. The lowest BCUT2D eigenvalue weighted by Crippen LogP contribution is -2.13. The topological polar surface area (TPSA) is 65.7 Å². The van der Waals surface area contributed by atoms with Gasteiger partial charge in [0.25, 0.3) is 0 Å². The molecule has 6 nitrogen and oxygen atoms in total. The maximum atomic E-state index is 5.25. The Morgan fingerprint density at radius 2 is 2.00 bits per heavy atom. The van der Waals surface area contributed by atoms with E-state index in [1.54, 1.807) is 30.8 Å². The van der Waals surface area contributed by atoms with E-state index in [0.717, 1.165) is 27.4 Å². The number of rotatable bonds is 5. The van der Waals surface area contributed by atoms with Crippen LogP contribution in [0.2, 0.25) is 0 Å². The van der Waals surface area contributed by atoms with Crippen LogP contribution in [0.1, 0.15) is 22.2 Å². The van der Waals surface area contributed by atoms with Gasteiger partial charge in [0.1, 0.15) is 17.5 Å². The molecule has 7 heteroatoms. The van der Waals surface area contributed by atoms with Crippen LogP contribution >= 0.6 is 11.3 Å². The highest BCUT2D eigenvalue weighted by Crippen LogP contribution is 2.32. The molecule has 0 fully saturated rings. The molecule has 3 heterocycles. The van der Waals surface area contributed by atoms with Crippen molar-refractivity contribution in [3.8, 4) is 17.0 Å². The summed E-state index contributed by atoms with van der Waals surface area (Å²) in [6.07, 6.45) is 5.36. The van der Waals surface area contributed by atoms with Crippen LogP contribution in [-0.2, 0) is 0 Å². The van der Waals surface area contributed by atoms with Crippen molar-refractivity contribution in [1.29, 1.82) is 0 Å². The van der Waals surface area contributed by atoms with Crippen molar-refractivity contribution in [3.05, 3.63) is 76.6 Å². The molecule has 1 atom stereocenters. The van der Waals surface area contributed by atoms with Crippen LogP contribution in [-0.4, -0.2) is 32.1 Å². The zero-order chi connectivity index (χ0) is 17.9. The second kappa shape index (κ2) is 7.05. The van der Waals surface area contributed by atoms with Crippen LogP contribution < -0.4 is 4.74 Å². The van der Waals surface area contributed by atoms with Gasteiger partial charge in [0.05, 0.1) is 35.6 Å². The molecule has 0 saturated carbocycles. The molecular formula is C19H17N5OS. The standard InChI is InChI=1S/C19H17N5OS/c1-13-19(26-12-21-13)18(14-6-4-3-5-7-14)24-11-17(22-23-24)15-8-16(25-2)10-20-9-15/h3-12,18H,1-2H3. The Morgan fingerprint density at radius 1 is 1.15 bits per heavy atom. The molecule has 3 aromatic heterocycles. The fraction of sp³-hybridized carbons (Fsp3) is 0.158. The van der Waals surface area contributed by atoms with E-state index < -0.39 is 0 Å². The minimum Gasteiger partial charge on any atom is -0.495 e. The summed E-state index contributed by atoms with van der Waals surface area (Å²) in [5.41, 5.74) is 5.62. The van der Waals surface area contributed by atoms with Gasteiger partial charge >= 0.3 is 0 Å². The Kier molecular flexibility index (Phi) is 4.45. The molecule has 0 radical (unpaired) electrons. The molecule has 130 valence electrons. The van der Waals surface area contributed by atoms with Gasteiger partial charge in [0, 0.05) is 11.8 Å². The summed E-state index contributed by atoms with van der Waals surface area (Å²) in [5.74, 6) is 0.690. The molecule has 0 saturated heterocycles. The average molecular weight is 363 g/mol. The minimum absolute atomic E-state index is 0.0662. The Hall–Kier alpha value is -3.06. The molecule has 0 aliphatic carbocycles. The van der Waals surface area contributed by atoms with Gasteiger partial charge in [0.2, 0.25) is 0 Å². The molecule has 0 spiro atoms. The number of benzene rings is 1. The summed E-state index contributed by atoms with van der Waals surface area (Å²) >= 11 is 1.63. The average Bonchev–Trinajstić information content (AvgIpc) is 3.33. The van der Waals surface area contributed by atoms with E-state index in [2.05, 4.69) is 32.4 Å². The van der Waals surface area contributed by atoms with Gasteiger partial charge < -0.3 is 4.74 Å². The van der Waals surface area contributed by atoms with Gasteiger partial charge in [-0.15, -0.1) is 16.4 Å². The van der Waals surface area contributed by atoms with Crippen molar-refractivity contribution in [2.24, 2.45) is 0 Å². The third kappa shape index (κ3) is 3.09. The lowest BCUT2D eigenvalue weighted by Gasteiger charge is -2.16. The summed E-state index contributed by atoms with van der Waals surface area (Å²) in [6, 6.07) is 12.1. The lowest BCUT2D eigenvalue weighted by atomic mass is 10.0. The second-order valence-electron chi connectivity index (χ2n) is 5.81. The van der Waals surface area contributed by atoms with Gasteiger partial charge in [-0.1, -0.05) is 35.5 Å². The fourth-order valence-corrected chi connectivity index (χ4v) is 3.76. The van der Waals surface area contributed by atoms with E-state index in [1.807, 2.05) is 47.6 Å². The smallest absolute Gasteiger partial charge is 0.137 e. The number of pyridine rings is 1. The lowest BCUT2D eigenvalue weighted by molar-refractivity contribution is 0.413. The molecule has 0 aliphatic rings. The van der Waals surface area contributed by atoms with E-state index in [-0.39, 0.29) is 6.04 Å². The first-order valence-corrected chi connectivity index (χ1v) is 9.00. The highest BCUT2D eigenvalue weighted by atomic mass is 32.1. The van der Waals surface area contributed by atoms with Crippen LogP contribution in [0.3, 0.4) is 0 Å². The number of nitrogens with zero attached hydrogens (tertiary/aromatic N) is 5. The van der Waals surface area contributed by atoms with Crippen LogP contribution in [0.5, 0.6) is 5.75 Å². The molecule has 4 rings (SSSR count). The summed E-state index contributed by atoms with van der Waals surface area (Å²) < 4.78 is 7.13. The molecule has 1 aromatic carbocycles. The quantitative estimate of drug-likeness (QED) is 0.540. The number of aromatic nitrogens is 5. The number of ether oxygens (including phenoxy) is 1. The number of thiazole rings is 1. The van der Waals surface area contributed by atoms with Gasteiger partial charge in [-0.2, -0.15) is 0 Å². The number of aryl methyl sites for hydroxylation is 1. The van der Waals surface area contributed by atoms with Crippen molar-refractivity contribution in [2.75, 3.05) is 7.11 Å². The third-order valence-corrected chi connectivity index (χ3v) is 5.15. The Bertz CT molecular complexity index is 1010. The monoisotopic (exact) mass is 363 g/mol. The summed E-state index contributed by atoms with van der Waals surface area (Å²) in [4.78, 5) is 9.75. The highest BCUT2D eigenvalue weighted by Gasteiger charge is 2.22. The van der Waals surface area contributed by atoms with Crippen molar-refractivity contribution < 1.29 is 4.74 Å². The van der Waals surface area contributed by atoms with E-state index in [4.69, 9.17) is 4.74 Å². The first-order valence-electron chi connectivity index (χ1n) is 8.12. The normalized spacial score (nSPS) is 12.1. The SMILES string of the molecule is COc1cncc(-c2cn(C(c3ccccc3)c3scnc3C)nn2)c1. The maximum Gasteiger partial charge on any atom is 0.137 e. The van der Waals surface area contributed by atoms with E-state index >= 15 is 0 Å². The molecule has 26 heavy (non-hydrogen) atoms. The highest BCUT2D eigenvalue weighted by molar-refractivity contribution is 7.09. The zero-order valence-electron chi connectivity index (χ0n) is 14.4. The van der Waals surface area contributed by atoms with E-state index in [9.17, 15) is 0 Å². The van der Waals surface area contributed by atoms with E-state index in [1.165, 1.54) is 0 Å². The largest absolute Gasteiger partial charge is 0.495 e. The van der Waals surface area contributed by atoms with Gasteiger partial charge in [-0.05, 0) is 18.6 Å². The summed E-state index contributed by atoms with van der Waals surface area (Å²) in [6.45, 7) is 2.02. The van der Waals surface area contributed by atoms with Gasteiger partial charge in [-0.3, -0.25) is 4.98 Å². The molecule has 0 bridgehead atoms. The van der Waals surface area contributed by atoms with Gasteiger partial charge in [-0.25, -0.2) is 9.67 Å². The van der Waals surface area contributed by atoms with Crippen LogP contribution in [0.15, 0.2) is 60.5 Å². The Balaban J connectivity index is 1.78. The number of hydrogen-bond acceptors (Lipinski definition) is 6. The minimum atomic E-state index is -0.0662. The predicted molar refractivity (Wildman–Crippen MR) is 100 cm³/mol. The zero-order valence-corrected chi connectivity index (χ0v) is 15.2.